The van der Waals surface area contributed by atoms with E-state index in [-0.39, 0.29) is 0 Å². The van der Waals surface area contributed by atoms with Crippen molar-refractivity contribution in [3.05, 3.63) is 30.3 Å². The van der Waals surface area contributed by atoms with Crippen LogP contribution in [0, 0.1) is 11.5 Å². The molecule has 1 aromatic rings. The number of rotatable bonds is 2. The van der Waals surface area contributed by atoms with E-state index in [1.807, 2.05) is 6.19 Å². The molecule has 1 fully saturated rings. The third-order valence-electron chi connectivity index (χ3n) is 2.76. The molecular weight excluding hydrogens is 238 g/mol. The van der Waals surface area contributed by atoms with E-state index in [0.717, 1.165) is 0 Å². The van der Waals surface area contributed by atoms with Crippen LogP contribution in [0.25, 0.3) is 0 Å². The Kier molecular flexibility index (Phi) is 3.31. The standard InChI is InChI=1S/C11H13N3O2S/c12-10-13-6-8-14(9-7-13)17(15,16)11-4-2-1-3-5-11/h1-5H,6-9H2. The second kappa shape index (κ2) is 4.73. The van der Waals surface area contributed by atoms with Crippen LogP contribution < -0.4 is 0 Å². The lowest BCUT2D eigenvalue weighted by Crippen LogP contribution is -2.46. The summed E-state index contributed by atoms with van der Waals surface area (Å²) in [5, 5.41) is 8.71. The first kappa shape index (κ1) is 11.9. The largest absolute Gasteiger partial charge is 0.308 e. The van der Waals surface area contributed by atoms with E-state index < -0.39 is 10.0 Å². The fraction of sp³-hybridized carbons (Fsp3) is 0.364. The molecule has 0 amide bonds. The minimum absolute atomic E-state index is 0.311. The lowest BCUT2D eigenvalue weighted by molar-refractivity contribution is 0.253. The number of nitriles is 1. The lowest BCUT2D eigenvalue weighted by atomic mass is 10.4. The number of sulfonamides is 1. The first-order chi connectivity index (χ1) is 8.14. The summed E-state index contributed by atoms with van der Waals surface area (Å²) in [6, 6.07) is 8.38. The van der Waals surface area contributed by atoms with Crippen molar-refractivity contribution < 1.29 is 8.42 Å². The Hall–Kier alpha value is -1.58. The quantitative estimate of drug-likeness (QED) is 0.717. The number of hydrogen-bond donors (Lipinski definition) is 0. The molecule has 0 atom stereocenters. The summed E-state index contributed by atoms with van der Waals surface area (Å²) in [6.07, 6.45) is 2.03. The van der Waals surface area contributed by atoms with Gasteiger partial charge >= 0.3 is 0 Å². The highest BCUT2D eigenvalue weighted by atomic mass is 32.2. The van der Waals surface area contributed by atoms with Gasteiger partial charge in [0, 0.05) is 26.2 Å². The SMILES string of the molecule is N#CN1CCN(S(=O)(=O)c2ccccc2)CC1. The molecule has 1 aromatic carbocycles. The van der Waals surface area contributed by atoms with Gasteiger partial charge in [-0.25, -0.2) is 8.42 Å². The summed E-state index contributed by atoms with van der Waals surface area (Å²) in [7, 11) is -3.40. The predicted octanol–water partition coefficient (Wildman–Crippen LogP) is 0.474. The Morgan fingerprint density at radius 2 is 1.65 bits per heavy atom. The second-order valence-electron chi connectivity index (χ2n) is 3.80. The highest BCUT2D eigenvalue weighted by molar-refractivity contribution is 7.89. The summed E-state index contributed by atoms with van der Waals surface area (Å²) < 4.78 is 25.8. The van der Waals surface area contributed by atoms with Crippen LogP contribution in [-0.2, 0) is 10.0 Å². The van der Waals surface area contributed by atoms with E-state index in [0.29, 0.717) is 31.1 Å². The van der Waals surface area contributed by atoms with Crippen molar-refractivity contribution in [2.24, 2.45) is 0 Å². The molecule has 1 aliphatic heterocycles. The number of nitrogens with zero attached hydrogens (tertiary/aromatic N) is 3. The average molecular weight is 251 g/mol. The highest BCUT2D eigenvalue weighted by Crippen LogP contribution is 2.16. The maximum absolute atomic E-state index is 12.2. The minimum atomic E-state index is -3.40. The zero-order chi connectivity index (χ0) is 12.3. The minimum Gasteiger partial charge on any atom is -0.308 e. The van der Waals surface area contributed by atoms with E-state index in [4.69, 9.17) is 5.26 Å². The Morgan fingerprint density at radius 1 is 1.06 bits per heavy atom. The fourth-order valence-corrected chi connectivity index (χ4v) is 3.21. The van der Waals surface area contributed by atoms with Gasteiger partial charge in [0.1, 0.15) is 0 Å². The molecule has 17 heavy (non-hydrogen) atoms. The van der Waals surface area contributed by atoms with Crippen LogP contribution in [0.5, 0.6) is 0 Å². The first-order valence-corrected chi connectivity index (χ1v) is 6.78. The van der Waals surface area contributed by atoms with Crippen LogP contribution in [0.1, 0.15) is 0 Å². The second-order valence-corrected chi connectivity index (χ2v) is 5.74. The summed E-state index contributed by atoms with van der Waals surface area (Å²) in [5.41, 5.74) is 0. The van der Waals surface area contributed by atoms with E-state index in [1.165, 1.54) is 4.31 Å². The van der Waals surface area contributed by atoms with Crippen LogP contribution in [0.3, 0.4) is 0 Å². The number of piperazine rings is 1. The molecule has 1 saturated heterocycles. The van der Waals surface area contributed by atoms with Crippen molar-refractivity contribution in [3.63, 3.8) is 0 Å². The average Bonchev–Trinajstić information content (AvgIpc) is 2.40. The first-order valence-electron chi connectivity index (χ1n) is 5.34. The summed E-state index contributed by atoms with van der Waals surface area (Å²) >= 11 is 0. The molecule has 0 radical (unpaired) electrons. The number of hydrogen-bond acceptors (Lipinski definition) is 4. The Labute approximate surface area is 101 Å². The molecule has 0 spiro atoms. The summed E-state index contributed by atoms with van der Waals surface area (Å²) in [4.78, 5) is 1.88. The zero-order valence-electron chi connectivity index (χ0n) is 9.28. The smallest absolute Gasteiger partial charge is 0.243 e. The molecule has 0 saturated carbocycles. The molecule has 0 bridgehead atoms. The molecule has 90 valence electrons. The van der Waals surface area contributed by atoms with Gasteiger partial charge in [0.15, 0.2) is 6.19 Å². The summed E-state index contributed by atoms with van der Waals surface area (Å²) in [5.74, 6) is 0. The van der Waals surface area contributed by atoms with Crippen molar-refractivity contribution in [3.8, 4) is 6.19 Å². The van der Waals surface area contributed by atoms with Gasteiger partial charge in [-0.1, -0.05) is 18.2 Å². The van der Waals surface area contributed by atoms with Crippen molar-refractivity contribution in [2.45, 2.75) is 4.90 Å². The molecular formula is C11H13N3O2S. The van der Waals surface area contributed by atoms with Gasteiger partial charge in [-0.05, 0) is 12.1 Å². The molecule has 0 N–H and O–H groups in total. The van der Waals surface area contributed by atoms with Gasteiger partial charge in [-0.2, -0.15) is 9.57 Å². The van der Waals surface area contributed by atoms with Crippen LogP contribution in [0.4, 0.5) is 0 Å². The van der Waals surface area contributed by atoms with Crippen LogP contribution in [0.15, 0.2) is 35.2 Å². The molecule has 5 nitrogen and oxygen atoms in total. The predicted molar refractivity (Wildman–Crippen MR) is 62.4 cm³/mol. The topological polar surface area (TPSA) is 64.4 Å². The Morgan fingerprint density at radius 3 is 2.18 bits per heavy atom. The number of benzene rings is 1. The Balaban J connectivity index is 2.16. The van der Waals surface area contributed by atoms with Gasteiger partial charge < -0.3 is 4.90 Å². The third-order valence-corrected chi connectivity index (χ3v) is 4.67. The van der Waals surface area contributed by atoms with Crippen molar-refractivity contribution >= 4 is 10.0 Å². The van der Waals surface area contributed by atoms with E-state index in [9.17, 15) is 8.42 Å². The van der Waals surface area contributed by atoms with Crippen molar-refractivity contribution in [2.75, 3.05) is 26.2 Å². The molecule has 6 heteroatoms. The summed E-state index contributed by atoms with van der Waals surface area (Å²) in [6.45, 7) is 1.65. The van der Waals surface area contributed by atoms with E-state index in [1.54, 1.807) is 35.2 Å². The maximum atomic E-state index is 12.2. The van der Waals surface area contributed by atoms with Crippen LogP contribution in [0.2, 0.25) is 0 Å². The van der Waals surface area contributed by atoms with Gasteiger partial charge in [0.25, 0.3) is 0 Å². The zero-order valence-corrected chi connectivity index (χ0v) is 10.1. The van der Waals surface area contributed by atoms with Crippen LogP contribution in [-0.4, -0.2) is 43.8 Å². The molecule has 1 aliphatic rings. The third kappa shape index (κ3) is 2.40. The normalized spacial score (nSPS) is 17.7. The monoisotopic (exact) mass is 251 g/mol. The van der Waals surface area contributed by atoms with Gasteiger partial charge in [-0.3, -0.25) is 0 Å². The molecule has 2 rings (SSSR count). The van der Waals surface area contributed by atoms with Crippen molar-refractivity contribution in [1.82, 2.24) is 9.21 Å². The lowest BCUT2D eigenvalue weighted by Gasteiger charge is -2.30. The van der Waals surface area contributed by atoms with Crippen molar-refractivity contribution in [1.29, 1.82) is 5.26 Å². The molecule has 0 aliphatic carbocycles. The Bertz CT molecular complexity index is 513. The fourth-order valence-electron chi connectivity index (χ4n) is 1.77. The molecule has 0 unspecified atom stereocenters. The van der Waals surface area contributed by atoms with E-state index >= 15 is 0 Å². The van der Waals surface area contributed by atoms with Gasteiger partial charge in [-0.15, -0.1) is 0 Å². The van der Waals surface area contributed by atoms with Gasteiger partial charge in [0.05, 0.1) is 4.90 Å². The highest BCUT2D eigenvalue weighted by Gasteiger charge is 2.27. The van der Waals surface area contributed by atoms with Gasteiger partial charge in [0.2, 0.25) is 10.0 Å². The van der Waals surface area contributed by atoms with Crippen LogP contribution >= 0.6 is 0 Å². The maximum Gasteiger partial charge on any atom is 0.243 e. The van der Waals surface area contributed by atoms with E-state index in [2.05, 4.69) is 0 Å². The molecule has 1 heterocycles. The molecule has 0 aromatic heterocycles.